The van der Waals surface area contributed by atoms with Crippen molar-refractivity contribution in [2.75, 3.05) is 6.26 Å². The minimum Gasteiger partial charge on any atom is -0.391 e. The third-order valence-corrected chi connectivity index (χ3v) is 7.71. The molecule has 5 atom stereocenters. The van der Waals surface area contributed by atoms with E-state index in [0.29, 0.717) is 6.42 Å². The molecule has 1 saturated heterocycles. The lowest BCUT2D eigenvalue weighted by Gasteiger charge is -2.30. The average Bonchev–Trinajstić information content (AvgIpc) is 3.43. The third kappa shape index (κ3) is 4.67. The Labute approximate surface area is 200 Å². The molecule has 1 aliphatic carbocycles. The molecule has 2 fully saturated rings. The van der Waals surface area contributed by atoms with Crippen molar-refractivity contribution < 1.29 is 31.9 Å². The number of nitrogens with zero attached hydrogens (tertiary/aromatic N) is 1. The van der Waals surface area contributed by atoms with Gasteiger partial charge < -0.3 is 15.3 Å². The molecule has 0 spiro atoms. The molecule has 2 aromatic carbocycles. The van der Waals surface area contributed by atoms with Crippen molar-refractivity contribution >= 4 is 33.3 Å². The van der Waals surface area contributed by atoms with Crippen molar-refractivity contribution in [2.24, 2.45) is 5.92 Å². The van der Waals surface area contributed by atoms with Crippen LogP contribution in [0.3, 0.4) is 0 Å². The van der Waals surface area contributed by atoms with E-state index in [9.17, 15) is 31.9 Å². The van der Waals surface area contributed by atoms with Crippen LogP contribution < -0.4 is 5.32 Å². The molecule has 1 heterocycles. The quantitative estimate of drug-likeness (QED) is 0.579. The van der Waals surface area contributed by atoms with Crippen LogP contribution in [0.25, 0.3) is 0 Å². The van der Waals surface area contributed by atoms with Gasteiger partial charge in [0.25, 0.3) is 5.91 Å². The van der Waals surface area contributed by atoms with Crippen LogP contribution in [-0.4, -0.2) is 54.7 Å². The summed E-state index contributed by atoms with van der Waals surface area (Å²) in [4.78, 5) is 27.9. The highest BCUT2D eigenvalue weighted by atomic mass is 35.5. The summed E-state index contributed by atoms with van der Waals surface area (Å²) in [6, 6.07) is 4.83. The molecule has 0 radical (unpaired) electrons. The van der Waals surface area contributed by atoms with Crippen LogP contribution in [-0.2, 0) is 14.6 Å². The molecule has 182 valence electrons. The SMILES string of the molecule is CC(O)C(NC(=O)[C@H]1C[C@H]2C[C@H]2N1C(=O)c1cccc(S(C)(=O)=O)c1)c1cc(F)c(Cl)cc1F. The molecule has 2 aromatic rings. The maximum absolute atomic E-state index is 14.5. The molecule has 2 N–H and O–H groups in total. The summed E-state index contributed by atoms with van der Waals surface area (Å²) in [6.45, 7) is 1.32. The lowest BCUT2D eigenvalue weighted by Crippen LogP contribution is -2.50. The van der Waals surface area contributed by atoms with Gasteiger partial charge in [0.2, 0.25) is 5.91 Å². The highest BCUT2D eigenvalue weighted by Gasteiger charge is 2.56. The summed E-state index contributed by atoms with van der Waals surface area (Å²) in [5.41, 5.74) is -0.140. The first-order valence-corrected chi connectivity index (χ1v) is 12.9. The van der Waals surface area contributed by atoms with Crippen LogP contribution in [0.15, 0.2) is 41.3 Å². The average molecular weight is 513 g/mol. The van der Waals surface area contributed by atoms with Crippen LogP contribution in [0.1, 0.15) is 41.7 Å². The highest BCUT2D eigenvalue weighted by Crippen LogP contribution is 2.48. The second-order valence-corrected chi connectivity index (χ2v) is 11.3. The summed E-state index contributed by atoms with van der Waals surface area (Å²) >= 11 is 5.61. The number of likely N-dealkylation sites (tertiary alicyclic amines) is 1. The summed E-state index contributed by atoms with van der Waals surface area (Å²) in [7, 11) is -3.54. The number of hydrogen-bond acceptors (Lipinski definition) is 5. The number of fused-ring (bicyclic) bond motifs is 1. The fourth-order valence-corrected chi connectivity index (χ4v) is 5.29. The van der Waals surface area contributed by atoms with E-state index < -0.39 is 56.5 Å². The molecule has 2 unspecified atom stereocenters. The van der Waals surface area contributed by atoms with Gasteiger partial charge in [0.1, 0.15) is 17.7 Å². The van der Waals surface area contributed by atoms with Crippen molar-refractivity contribution in [3.63, 3.8) is 0 Å². The Balaban J connectivity index is 1.59. The monoisotopic (exact) mass is 512 g/mol. The number of rotatable bonds is 6. The van der Waals surface area contributed by atoms with Crippen LogP contribution >= 0.6 is 11.6 Å². The largest absolute Gasteiger partial charge is 0.391 e. The van der Waals surface area contributed by atoms with Crippen molar-refractivity contribution in [3.8, 4) is 0 Å². The van der Waals surface area contributed by atoms with Gasteiger partial charge in [0.05, 0.1) is 22.1 Å². The number of nitrogens with one attached hydrogen (secondary N) is 1. The highest BCUT2D eigenvalue weighted by molar-refractivity contribution is 7.90. The Hall–Kier alpha value is -2.56. The number of halogens is 3. The van der Waals surface area contributed by atoms with Crippen LogP contribution in [0.4, 0.5) is 8.78 Å². The van der Waals surface area contributed by atoms with E-state index in [-0.39, 0.29) is 28.0 Å². The number of hydrogen-bond donors (Lipinski definition) is 2. The number of aliphatic hydroxyl groups excluding tert-OH is 1. The molecule has 2 aliphatic rings. The lowest BCUT2D eigenvalue weighted by molar-refractivity contribution is -0.127. The van der Waals surface area contributed by atoms with Crippen LogP contribution in [0.5, 0.6) is 0 Å². The van der Waals surface area contributed by atoms with Crippen molar-refractivity contribution in [1.82, 2.24) is 10.2 Å². The molecular weight excluding hydrogens is 490 g/mol. The molecular formula is C23H23ClF2N2O5S. The molecule has 0 bridgehead atoms. The number of aliphatic hydroxyl groups is 1. The molecule has 11 heteroatoms. The van der Waals surface area contributed by atoms with Gasteiger partial charge in [-0.2, -0.15) is 0 Å². The molecule has 34 heavy (non-hydrogen) atoms. The first-order chi connectivity index (χ1) is 15.9. The fraction of sp³-hybridized carbons (Fsp3) is 0.391. The number of sulfone groups is 1. The van der Waals surface area contributed by atoms with Crippen molar-refractivity contribution in [1.29, 1.82) is 0 Å². The van der Waals surface area contributed by atoms with Gasteiger partial charge in [-0.3, -0.25) is 9.59 Å². The third-order valence-electron chi connectivity index (χ3n) is 6.31. The second-order valence-electron chi connectivity index (χ2n) is 8.84. The normalized spacial score (nSPS) is 23.2. The van der Waals surface area contributed by atoms with Gasteiger partial charge in [-0.15, -0.1) is 0 Å². The maximum atomic E-state index is 14.5. The Morgan fingerprint density at radius 1 is 1.18 bits per heavy atom. The van der Waals surface area contributed by atoms with Crippen molar-refractivity contribution in [2.45, 2.75) is 48.9 Å². The Morgan fingerprint density at radius 3 is 2.53 bits per heavy atom. The van der Waals surface area contributed by atoms with Gasteiger partial charge in [-0.05, 0) is 56.0 Å². The summed E-state index contributed by atoms with van der Waals surface area (Å²) in [5, 5.41) is 12.3. The van der Waals surface area contributed by atoms with E-state index >= 15 is 0 Å². The number of carbonyl (C=O) groups excluding carboxylic acids is 2. The van der Waals surface area contributed by atoms with E-state index in [1.807, 2.05) is 0 Å². The first kappa shape index (κ1) is 24.6. The molecule has 1 saturated carbocycles. The van der Waals surface area contributed by atoms with Gasteiger partial charge in [-0.25, -0.2) is 17.2 Å². The number of benzene rings is 2. The summed E-state index contributed by atoms with van der Waals surface area (Å²) < 4.78 is 52.2. The van der Waals surface area contributed by atoms with Crippen LogP contribution in [0, 0.1) is 17.6 Å². The van der Waals surface area contributed by atoms with E-state index in [0.717, 1.165) is 24.8 Å². The minimum absolute atomic E-state index is 0.0136. The Kier molecular flexibility index (Phi) is 6.43. The Morgan fingerprint density at radius 2 is 1.88 bits per heavy atom. The molecule has 1 aliphatic heterocycles. The van der Waals surface area contributed by atoms with E-state index in [1.165, 1.54) is 36.1 Å². The number of piperidine rings is 1. The summed E-state index contributed by atoms with van der Waals surface area (Å²) in [6.07, 6.45) is 0.857. The maximum Gasteiger partial charge on any atom is 0.254 e. The number of amides is 2. The van der Waals surface area contributed by atoms with Crippen molar-refractivity contribution in [3.05, 3.63) is 64.2 Å². The van der Waals surface area contributed by atoms with Gasteiger partial charge in [0, 0.05) is 23.4 Å². The minimum atomic E-state index is -3.54. The van der Waals surface area contributed by atoms with Crippen LogP contribution in [0.2, 0.25) is 5.02 Å². The predicted octanol–water partition coefficient (Wildman–Crippen LogP) is 2.86. The topological polar surface area (TPSA) is 104 Å². The lowest BCUT2D eigenvalue weighted by atomic mass is 10.00. The second kappa shape index (κ2) is 8.90. The molecule has 0 aromatic heterocycles. The van der Waals surface area contributed by atoms with E-state index in [4.69, 9.17) is 11.6 Å². The standard InChI is InChI=1S/C23H23ClF2N2O5S/c1-11(29)21(15-9-18(26)16(24)10-17(15)25)27-22(30)20-8-13-7-19(13)28(20)23(31)12-4-3-5-14(6-12)34(2,32)33/h3-6,9-11,13,19-21,29H,7-8H2,1-2H3,(H,27,30)/t11?,13-,19-,20-,21?/m1/s1. The molecule has 4 rings (SSSR count). The smallest absolute Gasteiger partial charge is 0.254 e. The van der Waals surface area contributed by atoms with E-state index in [1.54, 1.807) is 0 Å². The predicted molar refractivity (Wildman–Crippen MR) is 120 cm³/mol. The van der Waals surface area contributed by atoms with Gasteiger partial charge in [0.15, 0.2) is 9.84 Å². The zero-order valence-electron chi connectivity index (χ0n) is 18.3. The summed E-state index contributed by atoms with van der Waals surface area (Å²) in [5.74, 6) is -2.79. The Bertz CT molecular complexity index is 1270. The zero-order valence-corrected chi connectivity index (χ0v) is 19.9. The zero-order chi connectivity index (χ0) is 24.9. The van der Waals surface area contributed by atoms with Gasteiger partial charge in [-0.1, -0.05) is 17.7 Å². The fourth-order valence-electron chi connectivity index (χ4n) is 4.48. The molecule has 2 amide bonds. The molecule has 7 nitrogen and oxygen atoms in total. The van der Waals surface area contributed by atoms with E-state index in [2.05, 4.69) is 5.32 Å². The first-order valence-electron chi connectivity index (χ1n) is 10.6. The number of carbonyl (C=O) groups is 2. The van der Waals surface area contributed by atoms with Gasteiger partial charge >= 0.3 is 0 Å².